The SMILES string of the molecule is CCn1c(=O)oc2cc(S(=O)(=O)N[C@@H](C)C(=O)Nc3cc(C)on3)ccc21. The number of carbonyl (C=O) groups excluding carboxylic acids is 1. The molecule has 0 aliphatic carbocycles. The fraction of sp³-hybridized carbons (Fsp3) is 0.312. The van der Waals surface area contributed by atoms with Gasteiger partial charge < -0.3 is 14.3 Å². The van der Waals surface area contributed by atoms with Crippen LogP contribution in [0.1, 0.15) is 19.6 Å². The largest absolute Gasteiger partial charge is 0.419 e. The number of aromatic nitrogens is 2. The van der Waals surface area contributed by atoms with E-state index in [2.05, 4.69) is 15.2 Å². The van der Waals surface area contributed by atoms with Gasteiger partial charge in [-0.1, -0.05) is 5.16 Å². The van der Waals surface area contributed by atoms with Crippen molar-refractivity contribution in [1.82, 2.24) is 14.4 Å². The second-order valence-electron chi connectivity index (χ2n) is 5.90. The van der Waals surface area contributed by atoms with Gasteiger partial charge in [-0.3, -0.25) is 9.36 Å². The maximum absolute atomic E-state index is 12.6. The highest BCUT2D eigenvalue weighted by molar-refractivity contribution is 7.89. The monoisotopic (exact) mass is 394 g/mol. The summed E-state index contributed by atoms with van der Waals surface area (Å²) in [5.74, 6) is -0.470. The van der Waals surface area contributed by atoms with E-state index in [9.17, 15) is 18.0 Å². The number of sulfonamides is 1. The molecule has 2 N–H and O–H groups in total. The van der Waals surface area contributed by atoms with E-state index in [1.54, 1.807) is 13.8 Å². The van der Waals surface area contributed by atoms with Crippen LogP contribution in [0.5, 0.6) is 0 Å². The number of aryl methyl sites for hydroxylation is 2. The maximum Gasteiger partial charge on any atom is 0.419 e. The molecule has 0 aliphatic heterocycles. The molecule has 0 bridgehead atoms. The zero-order chi connectivity index (χ0) is 19.8. The quantitative estimate of drug-likeness (QED) is 0.641. The first-order valence-corrected chi connectivity index (χ1v) is 9.59. The zero-order valence-electron chi connectivity index (χ0n) is 14.8. The molecule has 0 fully saturated rings. The van der Waals surface area contributed by atoms with Crippen LogP contribution in [0.3, 0.4) is 0 Å². The third-order valence-corrected chi connectivity index (χ3v) is 5.41. The molecule has 1 atom stereocenters. The van der Waals surface area contributed by atoms with Gasteiger partial charge in [0.15, 0.2) is 11.4 Å². The highest BCUT2D eigenvalue weighted by atomic mass is 32.2. The van der Waals surface area contributed by atoms with Gasteiger partial charge in [-0.25, -0.2) is 13.2 Å². The molecule has 1 amide bonds. The normalized spacial score (nSPS) is 13.0. The van der Waals surface area contributed by atoms with Gasteiger partial charge in [0.1, 0.15) is 5.76 Å². The number of nitrogens with zero attached hydrogens (tertiary/aromatic N) is 2. The Kier molecular flexibility index (Phi) is 4.89. The summed E-state index contributed by atoms with van der Waals surface area (Å²) in [4.78, 5) is 23.8. The van der Waals surface area contributed by atoms with Crippen LogP contribution in [-0.4, -0.2) is 30.1 Å². The number of oxazole rings is 1. The maximum atomic E-state index is 12.6. The smallest absolute Gasteiger partial charge is 0.408 e. The summed E-state index contributed by atoms with van der Waals surface area (Å²) in [7, 11) is -4.02. The number of carbonyl (C=O) groups is 1. The molecule has 0 saturated carbocycles. The fourth-order valence-corrected chi connectivity index (χ4v) is 3.75. The molecule has 10 nitrogen and oxygen atoms in total. The van der Waals surface area contributed by atoms with Crippen LogP contribution in [0.15, 0.2) is 42.9 Å². The molecular weight excluding hydrogens is 376 g/mol. The molecule has 0 spiro atoms. The molecule has 0 unspecified atom stereocenters. The van der Waals surface area contributed by atoms with Crippen molar-refractivity contribution in [2.45, 2.75) is 38.3 Å². The van der Waals surface area contributed by atoms with Crippen LogP contribution in [0.4, 0.5) is 5.82 Å². The number of rotatable bonds is 6. The standard InChI is InChI=1S/C16H18N4O6S/c1-4-20-12-6-5-11(8-13(12)25-16(20)22)27(23,24)19-10(3)15(21)17-14-7-9(2)26-18-14/h5-8,10,19H,4H2,1-3H3,(H,17,18,21)/t10-/m0/s1. The van der Waals surface area contributed by atoms with Crippen molar-refractivity contribution in [3.63, 3.8) is 0 Å². The molecule has 3 rings (SSSR count). The van der Waals surface area contributed by atoms with Gasteiger partial charge in [0.25, 0.3) is 0 Å². The molecule has 27 heavy (non-hydrogen) atoms. The molecule has 0 aliphatic rings. The van der Waals surface area contributed by atoms with Crippen LogP contribution in [-0.2, 0) is 21.4 Å². The second kappa shape index (κ2) is 7.00. The van der Waals surface area contributed by atoms with E-state index >= 15 is 0 Å². The summed E-state index contributed by atoms with van der Waals surface area (Å²) in [6.07, 6.45) is 0. The molecular formula is C16H18N4O6S. The first kappa shape index (κ1) is 18.9. The van der Waals surface area contributed by atoms with Crippen LogP contribution >= 0.6 is 0 Å². The van der Waals surface area contributed by atoms with E-state index in [1.807, 2.05) is 0 Å². The van der Waals surface area contributed by atoms with E-state index < -0.39 is 27.7 Å². The Hall–Kier alpha value is -2.92. The summed E-state index contributed by atoms with van der Waals surface area (Å²) in [6.45, 7) is 5.23. The number of anilines is 1. The van der Waals surface area contributed by atoms with Gasteiger partial charge in [-0.05, 0) is 32.9 Å². The first-order valence-electron chi connectivity index (χ1n) is 8.11. The van der Waals surface area contributed by atoms with Crippen molar-refractivity contribution in [2.24, 2.45) is 0 Å². The second-order valence-corrected chi connectivity index (χ2v) is 7.61. The van der Waals surface area contributed by atoms with Crippen molar-refractivity contribution in [3.05, 3.63) is 40.6 Å². The van der Waals surface area contributed by atoms with Crippen LogP contribution in [0.25, 0.3) is 11.1 Å². The molecule has 1 aromatic carbocycles. The third kappa shape index (κ3) is 3.78. The van der Waals surface area contributed by atoms with E-state index in [-0.39, 0.29) is 16.3 Å². The van der Waals surface area contributed by atoms with Gasteiger partial charge in [-0.2, -0.15) is 4.72 Å². The van der Waals surface area contributed by atoms with Gasteiger partial charge in [0.2, 0.25) is 15.9 Å². The van der Waals surface area contributed by atoms with Crippen molar-refractivity contribution in [2.75, 3.05) is 5.32 Å². The Morgan fingerprint density at radius 2 is 2.07 bits per heavy atom. The molecule has 3 aromatic rings. The molecule has 2 heterocycles. The van der Waals surface area contributed by atoms with E-state index in [0.29, 0.717) is 17.8 Å². The minimum Gasteiger partial charge on any atom is -0.408 e. The summed E-state index contributed by atoms with van der Waals surface area (Å²) in [6, 6.07) is 4.51. The third-order valence-electron chi connectivity index (χ3n) is 3.87. The predicted octanol–water partition coefficient (Wildman–Crippen LogP) is 1.22. The summed E-state index contributed by atoms with van der Waals surface area (Å²) >= 11 is 0. The molecule has 144 valence electrons. The minimum absolute atomic E-state index is 0.121. The summed E-state index contributed by atoms with van der Waals surface area (Å²) < 4.78 is 38.7. The van der Waals surface area contributed by atoms with Crippen LogP contribution < -0.4 is 15.8 Å². The topological polar surface area (TPSA) is 136 Å². The first-order chi connectivity index (χ1) is 12.7. The predicted molar refractivity (Wildman–Crippen MR) is 95.8 cm³/mol. The van der Waals surface area contributed by atoms with E-state index in [0.717, 1.165) is 0 Å². The van der Waals surface area contributed by atoms with Crippen LogP contribution in [0, 0.1) is 6.92 Å². The number of benzene rings is 1. The minimum atomic E-state index is -4.02. The Balaban J connectivity index is 1.80. The fourth-order valence-electron chi connectivity index (χ4n) is 2.53. The lowest BCUT2D eigenvalue weighted by Crippen LogP contribution is -2.41. The van der Waals surface area contributed by atoms with Gasteiger partial charge in [0.05, 0.1) is 16.5 Å². The van der Waals surface area contributed by atoms with Gasteiger partial charge in [-0.15, -0.1) is 0 Å². The van der Waals surface area contributed by atoms with Gasteiger partial charge >= 0.3 is 5.76 Å². The van der Waals surface area contributed by atoms with Gasteiger partial charge in [0, 0.05) is 18.7 Å². The van der Waals surface area contributed by atoms with Crippen molar-refractivity contribution < 1.29 is 22.2 Å². The Bertz CT molecular complexity index is 1160. The molecule has 11 heteroatoms. The average molecular weight is 394 g/mol. The average Bonchev–Trinajstić information content (AvgIpc) is 3.15. The number of fused-ring (bicyclic) bond motifs is 1. The Morgan fingerprint density at radius 1 is 1.33 bits per heavy atom. The highest BCUT2D eigenvalue weighted by Crippen LogP contribution is 2.19. The van der Waals surface area contributed by atoms with E-state index in [1.165, 1.54) is 35.8 Å². The van der Waals surface area contributed by atoms with E-state index in [4.69, 9.17) is 8.94 Å². The highest BCUT2D eigenvalue weighted by Gasteiger charge is 2.24. The summed E-state index contributed by atoms with van der Waals surface area (Å²) in [5, 5.41) is 6.07. The number of hydrogen-bond donors (Lipinski definition) is 2. The van der Waals surface area contributed by atoms with Crippen molar-refractivity contribution >= 4 is 32.8 Å². The molecule has 0 radical (unpaired) electrons. The lowest BCUT2D eigenvalue weighted by molar-refractivity contribution is -0.117. The molecule has 2 aromatic heterocycles. The van der Waals surface area contributed by atoms with Crippen LogP contribution in [0.2, 0.25) is 0 Å². The zero-order valence-corrected chi connectivity index (χ0v) is 15.7. The lowest BCUT2D eigenvalue weighted by Gasteiger charge is -2.13. The number of nitrogens with one attached hydrogen (secondary N) is 2. The summed E-state index contributed by atoms with van der Waals surface area (Å²) in [5.41, 5.74) is 0.647. The lowest BCUT2D eigenvalue weighted by atomic mass is 10.3. The Morgan fingerprint density at radius 3 is 2.70 bits per heavy atom. The Labute approximate surface area is 154 Å². The number of amides is 1. The van der Waals surface area contributed by atoms with Crippen molar-refractivity contribution in [1.29, 1.82) is 0 Å². The molecule has 0 saturated heterocycles. The van der Waals surface area contributed by atoms with Crippen molar-refractivity contribution in [3.8, 4) is 0 Å². The number of hydrogen-bond acceptors (Lipinski definition) is 7.